The second kappa shape index (κ2) is 5.77. The first-order chi connectivity index (χ1) is 10.4. The summed E-state index contributed by atoms with van der Waals surface area (Å²) in [5.74, 6) is -0.119. The molecule has 0 amide bonds. The lowest BCUT2D eigenvalue weighted by Gasteiger charge is -2.28. The van der Waals surface area contributed by atoms with Crippen LogP contribution in [0.5, 0.6) is 0 Å². The van der Waals surface area contributed by atoms with Crippen LogP contribution >= 0.6 is 0 Å². The average molecular weight is 325 g/mol. The molecule has 1 saturated heterocycles. The number of halogens is 1. The van der Waals surface area contributed by atoms with E-state index < -0.39 is 15.8 Å². The molecule has 3 rings (SSSR count). The molecule has 0 unspecified atom stereocenters. The Bertz CT molecular complexity index is 775. The van der Waals surface area contributed by atoms with Gasteiger partial charge in [-0.1, -0.05) is 12.1 Å². The minimum atomic E-state index is -3.24. The molecule has 1 aromatic heterocycles. The Morgan fingerprint density at radius 3 is 2.82 bits per heavy atom. The van der Waals surface area contributed by atoms with Crippen molar-refractivity contribution >= 4 is 10.0 Å². The summed E-state index contributed by atoms with van der Waals surface area (Å²) < 4.78 is 44.0. The van der Waals surface area contributed by atoms with Gasteiger partial charge in [-0.05, 0) is 25.0 Å². The molecule has 0 radical (unpaired) electrons. The lowest BCUT2D eigenvalue weighted by Crippen LogP contribution is -2.38. The van der Waals surface area contributed by atoms with Gasteiger partial charge < -0.3 is 4.42 Å². The maximum atomic E-state index is 13.7. The monoisotopic (exact) mass is 325 g/mol. The smallest absolute Gasteiger partial charge is 0.250 e. The van der Waals surface area contributed by atoms with Crippen LogP contribution in [0.15, 0.2) is 28.7 Å². The number of nitrogens with zero attached hydrogens (tertiary/aromatic N) is 3. The zero-order valence-electron chi connectivity index (χ0n) is 12.1. The molecule has 0 bridgehead atoms. The summed E-state index contributed by atoms with van der Waals surface area (Å²) in [7, 11) is -3.24. The first kappa shape index (κ1) is 15.1. The van der Waals surface area contributed by atoms with Crippen LogP contribution in [0, 0.1) is 5.82 Å². The zero-order valence-corrected chi connectivity index (χ0v) is 12.9. The number of sulfonamides is 1. The van der Waals surface area contributed by atoms with Crippen LogP contribution in [-0.4, -0.2) is 42.3 Å². The quantitative estimate of drug-likeness (QED) is 0.863. The van der Waals surface area contributed by atoms with Crippen LogP contribution in [0.25, 0.3) is 11.5 Å². The molecule has 0 saturated carbocycles. The standard InChI is InChI=1S/C14H16FN3O3S/c1-22(19,20)18-8-4-5-10(9-18)13-16-17-14(21-13)11-6-2-3-7-12(11)15/h2-3,6-7,10H,4-5,8-9H2,1H3/t10-/m0/s1. The zero-order chi connectivity index (χ0) is 15.7. The van der Waals surface area contributed by atoms with E-state index in [1.807, 2.05) is 0 Å². The van der Waals surface area contributed by atoms with Gasteiger partial charge in [0.05, 0.1) is 17.7 Å². The van der Waals surface area contributed by atoms with Crippen molar-refractivity contribution in [2.75, 3.05) is 19.3 Å². The van der Waals surface area contributed by atoms with Crippen LogP contribution in [0.4, 0.5) is 4.39 Å². The fraction of sp³-hybridized carbons (Fsp3) is 0.429. The molecule has 22 heavy (non-hydrogen) atoms. The fourth-order valence-corrected chi connectivity index (χ4v) is 3.50. The Labute approximate surface area is 128 Å². The number of piperidine rings is 1. The van der Waals surface area contributed by atoms with Crippen LogP contribution in [0.3, 0.4) is 0 Å². The molecular formula is C14H16FN3O3S. The van der Waals surface area contributed by atoms with Gasteiger partial charge in [0.2, 0.25) is 15.9 Å². The summed E-state index contributed by atoms with van der Waals surface area (Å²) in [5.41, 5.74) is 0.247. The molecule has 0 aliphatic carbocycles. The molecule has 1 atom stereocenters. The Morgan fingerprint density at radius 1 is 1.32 bits per heavy atom. The number of aromatic nitrogens is 2. The molecule has 8 heteroatoms. The van der Waals surface area contributed by atoms with E-state index in [9.17, 15) is 12.8 Å². The van der Waals surface area contributed by atoms with Crippen molar-refractivity contribution in [2.24, 2.45) is 0 Å². The minimum Gasteiger partial charge on any atom is -0.420 e. The van der Waals surface area contributed by atoms with Crippen molar-refractivity contribution in [2.45, 2.75) is 18.8 Å². The van der Waals surface area contributed by atoms with E-state index in [1.165, 1.54) is 16.6 Å². The predicted molar refractivity (Wildman–Crippen MR) is 78.1 cm³/mol. The summed E-state index contributed by atoms with van der Waals surface area (Å²) >= 11 is 0. The van der Waals surface area contributed by atoms with Gasteiger partial charge in [-0.3, -0.25) is 0 Å². The van der Waals surface area contributed by atoms with Crippen molar-refractivity contribution in [3.05, 3.63) is 36.0 Å². The molecule has 2 aromatic rings. The SMILES string of the molecule is CS(=O)(=O)N1CCC[C@H](c2nnc(-c3ccccc3F)o2)C1. The number of hydrogen-bond donors (Lipinski definition) is 0. The molecule has 1 fully saturated rings. The largest absolute Gasteiger partial charge is 0.420 e. The van der Waals surface area contributed by atoms with Gasteiger partial charge in [-0.15, -0.1) is 10.2 Å². The topological polar surface area (TPSA) is 76.3 Å². The molecule has 1 aliphatic rings. The highest BCUT2D eigenvalue weighted by Gasteiger charge is 2.30. The van der Waals surface area contributed by atoms with Gasteiger partial charge in [-0.2, -0.15) is 0 Å². The summed E-state index contributed by atoms with van der Waals surface area (Å²) in [4.78, 5) is 0. The van der Waals surface area contributed by atoms with Gasteiger partial charge in [0.15, 0.2) is 0 Å². The normalized spacial score (nSPS) is 20.2. The third-order valence-corrected chi connectivity index (χ3v) is 5.02. The van der Waals surface area contributed by atoms with Gasteiger partial charge >= 0.3 is 0 Å². The van der Waals surface area contributed by atoms with E-state index >= 15 is 0 Å². The third-order valence-electron chi connectivity index (χ3n) is 3.75. The van der Waals surface area contributed by atoms with Crippen LogP contribution in [-0.2, 0) is 10.0 Å². The van der Waals surface area contributed by atoms with Crippen molar-refractivity contribution in [1.29, 1.82) is 0 Å². The fourth-order valence-electron chi connectivity index (χ4n) is 2.59. The minimum absolute atomic E-state index is 0.115. The highest BCUT2D eigenvalue weighted by molar-refractivity contribution is 7.88. The molecule has 1 aliphatic heterocycles. The highest BCUT2D eigenvalue weighted by Crippen LogP contribution is 2.29. The predicted octanol–water partition coefficient (Wildman–Crippen LogP) is 2.01. The summed E-state index contributed by atoms with van der Waals surface area (Å²) in [6.07, 6.45) is 2.69. The van der Waals surface area contributed by atoms with Crippen molar-refractivity contribution in [3.8, 4) is 11.5 Å². The third kappa shape index (κ3) is 3.02. The second-order valence-corrected chi connectivity index (χ2v) is 7.37. The molecule has 1 aromatic carbocycles. The summed E-state index contributed by atoms with van der Waals surface area (Å²) in [5, 5.41) is 7.85. The Kier molecular flexibility index (Phi) is 3.96. The molecule has 0 spiro atoms. The second-order valence-electron chi connectivity index (χ2n) is 5.39. The molecule has 6 nitrogen and oxygen atoms in total. The molecule has 118 valence electrons. The highest BCUT2D eigenvalue weighted by atomic mass is 32.2. The molecule has 2 heterocycles. The average Bonchev–Trinajstić information content (AvgIpc) is 2.97. The van der Waals surface area contributed by atoms with E-state index in [4.69, 9.17) is 4.42 Å². The first-order valence-corrected chi connectivity index (χ1v) is 8.83. The van der Waals surface area contributed by atoms with Gasteiger partial charge in [0.25, 0.3) is 5.89 Å². The van der Waals surface area contributed by atoms with Gasteiger partial charge in [0.1, 0.15) is 5.82 Å². The maximum absolute atomic E-state index is 13.7. The number of hydrogen-bond acceptors (Lipinski definition) is 5. The van der Waals surface area contributed by atoms with Crippen LogP contribution < -0.4 is 0 Å². The lowest BCUT2D eigenvalue weighted by atomic mass is 10.00. The summed E-state index contributed by atoms with van der Waals surface area (Å²) in [6, 6.07) is 6.16. The Morgan fingerprint density at radius 2 is 2.09 bits per heavy atom. The van der Waals surface area contributed by atoms with E-state index in [0.717, 1.165) is 12.8 Å². The lowest BCUT2D eigenvalue weighted by molar-refractivity contribution is 0.287. The summed E-state index contributed by atoms with van der Waals surface area (Å²) in [6.45, 7) is 0.821. The Hall–Kier alpha value is -1.80. The van der Waals surface area contributed by atoms with Gasteiger partial charge in [-0.25, -0.2) is 17.1 Å². The van der Waals surface area contributed by atoms with Gasteiger partial charge in [0, 0.05) is 13.1 Å². The molecule has 0 N–H and O–H groups in total. The van der Waals surface area contributed by atoms with E-state index in [-0.39, 0.29) is 17.4 Å². The van der Waals surface area contributed by atoms with E-state index in [2.05, 4.69) is 10.2 Å². The van der Waals surface area contributed by atoms with Crippen molar-refractivity contribution in [3.63, 3.8) is 0 Å². The van der Waals surface area contributed by atoms with Crippen molar-refractivity contribution < 1.29 is 17.2 Å². The number of rotatable bonds is 3. The van der Waals surface area contributed by atoms with Crippen LogP contribution in [0.2, 0.25) is 0 Å². The maximum Gasteiger partial charge on any atom is 0.250 e. The molecular weight excluding hydrogens is 309 g/mol. The van der Waals surface area contributed by atoms with E-state index in [1.54, 1.807) is 18.2 Å². The van der Waals surface area contributed by atoms with E-state index in [0.29, 0.717) is 19.0 Å². The Balaban J connectivity index is 1.84. The first-order valence-electron chi connectivity index (χ1n) is 6.98. The number of benzene rings is 1. The van der Waals surface area contributed by atoms with Crippen molar-refractivity contribution in [1.82, 2.24) is 14.5 Å². The van der Waals surface area contributed by atoms with Crippen LogP contribution in [0.1, 0.15) is 24.7 Å².